The second-order valence-corrected chi connectivity index (χ2v) is 5.40. The number of benzene rings is 1. The Morgan fingerprint density at radius 3 is 2.64 bits per heavy atom. The van der Waals surface area contributed by atoms with Crippen LogP contribution < -0.4 is 5.32 Å². The van der Waals surface area contributed by atoms with Crippen LogP contribution in [0.1, 0.15) is 25.5 Å². The third-order valence-electron chi connectivity index (χ3n) is 2.70. The van der Waals surface area contributed by atoms with Gasteiger partial charge in [-0.1, -0.05) is 37.3 Å². The van der Waals surface area contributed by atoms with E-state index in [2.05, 4.69) is 61.3 Å². The van der Waals surface area contributed by atoms with Gasteiger partial charge in [-0.05, 0) is 12.5 Å². The van der Waals surface area contributed by atoms with Crippen molar-refractivity contribution < 1.29 is 0 Å². The first-order valence-corrected chi connectivity index (χ1v) is 6.25. The summed E-state index contributed by atoms with van der Waals surface area (Å²) in [7, 11) is 0. The molecule has 0 amide bonds. The molecule has 1 nitrogen and oxygen atoms in total. The van der Waals surface area contributed by atoms with Gasteiger partial charge in [0.1, 0.15) is 0 Å². The van der Waals surface area contributed by atoms with Gasteiger partial charge >= 0.3 is 0 Å². The number of rotatable bonds is 1. The van der Waals surface area contributed by atoms with E-state index in [9.17, 15) is 0 Å². The zero-order chi connectivity index (χ0) is 9.97. The Bertz CT molecular complexity index is 286. The van der Waals surface area contributed by atoms with E-state index in [0.717, 1.165) is 0 Å². The van der Waals surface area contributed by atoms with E-state index in [1.807, 2.05) is 0 Å². The highest BCUT2D eigenvalue weighted by molar-refractivity contribution is 8.00. The van der Waals surface area contributed by atoms with E-state index in [-0.39, 0.29) is 0 Å². The summed E-state index contributed by atoms with van der Waals surface area (Å²) in [6, 6.07) is 11.9. The van der Waals surface area contributed by atoms with Crippen LogP contribution in [0.15, 0.2) is 30.3 Å². The molecule has 2 rings (SSSR count). The Morgan fingerprint density at radius 2 is 1.93 bits per heavy atom. The molecule has 14 heavy (non-hydrogen) atoms. The Kier molecular flexibility index (Phi) is 3.14. The van der Waals surface area contributed by atoms with Crippen molar-refractivity contribution >= 4 is 11.8 Å². The zero-order valence-electron chi connectivity index (χ0n) is 8.73. The van der Waals surface area contributed by atoms with Crippen molar-refractivity contribution in [2.75, 3.05) is 5.75 Å². The van der Waals surface area contributed by atoms with Gasteiger partial charge in [0.2, 0.25) is 0 Å². The van der Waals surface area contributed by atoms with Gasteiger partial charge < -0.3 is 5.32 Å². The maximum absolute atomic E-state index is 3.66. The van der Waals surface area contributed by atoms with Crippen LogP contribution in [0.3, 0.4) is 0 Å². The van der Waals surface area contributed by atoms with Gasteiger partial charge in [-0.2, -0.15) is 11.8 Å². The molecular weight excluding hydrogens is 190 g/mol. The third-order valence-corrected chi connectivity index (χ3v) is 4.19. The summed E-state index contributed by atoms with van der Waals surface area (Å²) in [4.78, 5) is 0. The molecule has 0 saturated carbocycles. The average molecular weight is 207 g/mol. The maximum Gasteiger partial charge on any atom is 0.0440 e. The standard InChI is InChI=1S/C12H17NS/c1-9-8-14-10(2)12(13-9)11-6-4-3-5-7-11/h3-7,9-10,12-13H,8H2,1-2H3. The van der Waals surface area contributed by atoms with Gasteiger partial charge in [0, 0.05) is 23.1 Å². The molecular formula is C12H17NS. The van der Waals surface area contributed by atoms with E-state index < -0.39 is 0 Å². The fourth-order valence-electron chi connectivity index (χ4n) is 1.91. The molecule has 0 aliphatic carbocycles. The van der Waals surface area contributed by atoms with Gasteiger partial charge in [-0.25, -0.2) is 0 Å². The van der Waals surface area contributed by atoms with Gasteiger partial charge in [-0.15, -0.1) is 0 Å². The minimum absolute atomic E-state index is 0.518. The first kappa shape index (κ1) is 10.1. The van der Waals surface area contributed by atoms with Crippen molar-refractivity contribution in [1.29, 1.82) is 0 Å². The van der Waals surface area contributed by atoms with Crippen molar-refractivity contribution in [1.82, 2.24) is 5.32 Å². The lowest BCUT2D eigenvalue weighted by Crippen LogP contribution is -2.41. The molecule has 1 heterocycles. The van der Waals surface area contributed by atoms with Crippen molar-refractivity contribution in [3.8, 4) is 0 Å². The highest BCUT2D eigenvalue weighted by Gasteiger charge is 2.25. The highest BCUT2D eigenvalue weighted by atomic mass is 32.2. The third kappa shape index (κ3) is 2.12. The van der Waals surface area contributed by atoms with E-state index in [4.69, 9.17) is 0 Å². The Labute approximate surface area is 90.3 Å². The van der Waals surface area contributed by atoms with Crippen LogP contribution in [0.2, 0.25) is 0 Å². The number of nitrogens with one attached hydrogen (secondary N) is 1. The molecule has 3 unspecified atom stereocenters. The van der Waals surface area contributed by atoms with Gasteiger partial charge in [0.05, 0.1) is 0 Å². The average Bonchev–Trinajstić information content (AvgIpc) is 2.23. The second-order valence-electron chi connectivity index (χ2n) is 3.99. The SMILES string of the molecule is CC1CSC(C)C(c2ccccc2)N1. The van der Waals surface area contributed by atoms with Gasteiger partial charge in [-0.3, -0.25) is 0 Å². The lowest BCUT2D eigenvalue weighted by atomic mass is 10.0. The van der Waals surface area contributed by atoms with Crippen LogP contribution in [-0.4, -0.2) is 17.0 Å². The molecule has 0 radical (unpaired) electrons. The van der Waals surface area contributed by atoms with E-state index in [1.165, 1.54) is 11.3 Å². The molecule has 1 aliphatic rings. The Morgan fingerprint density at radius 1 is 1.21 bits per heavy atom. The van der Waals surface area contributed by atoms with Gasteiger partial charge in [0.15, 0.2) is 0 Å². The Hall–Kier alpha value is -0.470. The zero-order valence-corrected chi connectivity index (χ0v) is 9.55. The first-order chi connectivity index (χ1) is 6.77. The van der Waals surface area contributed by atoms with Crippen LogP contribution >= 0.6 is 11.8 Å². The molecule has 1 aliphatic heterocycles. The first-order valence-electron chi connectivity index (χ1n) is 5.20. The molecule has 1 aromatic carbocycles. The van der Waals surface area contributed by atoms with Crippen LogP contribution in [0, 0.1) is 0 Å². The maximum atomic E-state index is 3.66. The van der Waals surface area contributed by atoms with Crippen molar-refractivity contribution in [3.05, 3.63) is 35.9 Å². The van der Waals surface area contributed by atoms with E-state index in [0.29, 0.717) is 17.3 Å². The predicted molar refractivity (Wildman–Crippen MR) is 63.7 cm³/mol. The summed E-state index contributed by atoms with van der Waals surface area (Å²) in [5, 5.41) is 4.34. The summed E-state index contributed by atoms with van der Waals surface area (Å²) in [5.74, 6) is 1.23. The molecule has 0 aromatic heterocycles. The largest absolute Gasteiger partial charge is 0.306 e. The quantitative estimate of drug-likeness (QED) is 0.760. The topological polar surface area (TPSA) is 12.0 Å². The molecule has 1 aromatic rings. The molecule has 2 heteroatoms. The van der Waals surface area contributed by atoms with Crippen LogP contribution in [0.25, 0.3) is 0 Å². The Balaban J connectivity index is 2.16. The normalized spacial score (nSPS) is 32.9. The van der Waals surface area contributed by atoms with Gasteiger partial charge in [0.25, 0.3) is 0 Å². The molecule has 0 spiro atoms. The fraction of sp³-hybridized carbons (Fsp3) is 0.500. The monoisotopic (exact) mass is 207 g/mol. The fourth-order valence-corrected chi connectivity index (χ4v) is 3.03. The van der Waals surface area contributed by atoms with Crippen molar-refractivity contribution in [3.63, 3.8) is 0 Å². The summed E-state index contributed by atoms with van der Waals surface area (Å²) < 4.78 is 0. The molecule has 1 N–H and O–H groups in total. The molecule has 1 saturated heterocycles. The second kappa shape index (κ2) is 4.37. The summed E-state index contributed by atoms with van der Waals surface area (Å²) in [6.45, 7) is 4.57. The number of hydrogen-bond donors (Lipinski definition) is 1. The molecule has 0 bridgehead atoms. The lowest BCUT2D eigenvalue weighted by molar-refractivity contribution is 0.461. The highest BCUT2D eigenvalue weighted by Crippen LogP contribution is 2.31. The van der Waals surface area contributed by atoms with Crippen molar-refractivity contribution in [2.24, 2.45) is 0 Å². The smallest absolute Gasteiger partial charge is 0.0440 e. The van der Waals surface area contributed by atoms with Crippen molar-refractivity contribution in [2.45, 2.75) is 31.2 Å². The van der Waals surface area contributed by atoms with Crippen LogP contribution in [-0.2, 0) is 0 Å². The minimum atomic E-state index is 0.518. The summed E-state index contributed by atoms with van der Waals surface area (Å²) >= 11 is 2.07. The lowest BCUT2D eigenvalue weighted by Gasteiger charge is -2.34. The molecule has 76 valence electrons. The predicted octanol–water partition coefficient (Wildman–Crippen LogP) is 2.84. The number of thioether (sulfide) groups is 1. The summed E-state index contributed by atoms with van der Waals surface area (Å²) in [5.41, 5.74) is 1.42. The van der Waals surface area contributed by atoms with Crippen LogP contribution in [0.5, 0.6) is 0 Å². The van der Waals surface area contributed by atoms with E-state index in [1.54, 1.807) is 0 Å². The molecule has 3 atom stereocenters. The minimum Gasteiger partial charge on any atom is -0.306 e. The number of hydrogen-bond acceptors (Lipinski definition) is 2. The van der Waals surface area contributed by atoms with E-state index >= 15 is 0 Å². The molecule has 1 fully saturated rings. The summed E-state index contributed by atoms with van der Waals surface area (Å²) in [6.07, 6.45) is 0. The van der Waals surface area contributed by atoms with Crippen LogP contribution in [0.4, 0.5) is 0 Å².